The zero-order chi connectivity index (χ0) is 18.7. The second-order valence-corrected chi connectivity index (χ2v) is 6.06. The van der Waals surface area contributed by atoms with Crippen LogP contribution in [0.3, 0.4) is 0 Å². The Morgan fingerprint density at radius 2 is 1.73 bits per heavy atom. The van der Waals surface area contributed by atoms with E-state index in [0.717, 1.165) is 22.1 Å². The van der Waals surface area contributed by atoms with Crippen molar-refractivity contribution in [3.63, 3.8) is 0 Å². The molecule has 0 saturated carbocycles. The molecular weight excluding hydrogens is 332 g/mol. The van der Waals surface area contributed by atoms with Gasteiger partial charge in [0.1, 0.15) is 17.9 Å². The SMILES string of the molecule is CCOC(=O)c1ccc(OCc2cc(=O)oc3cc(C)c(C)cc23)cc1. The number of carbonyl (C=O) groups is 1. The van der Waals surface area contributed by atoms with Crippen LogP contribution in [0.1, 0.15) is 34.0 Å². The van der Waals surface area contributed by atoms with Crippen molar-refractivity contribution >= 4 is 16.9 Å². The Morgan fingerprint density at radius 3 is 2.42 bits per heavy atom. The van der Waals surface area contributed by atoms with Gasteiger partial charge in [-0.15, -0.1) is 0 Å². The highest BCUT2D eigenvalue weighted by atomic mass is 16.5. The van der Waals surface area contributed by atoms with Crippen molar-refractivity contribution < 1.29 is 18.7 Å². The molecule has 3 aromatic rings. The molecule has 2 aromatic carbocycles. The van der Waals surface area contributed by atoms with Crippen LogP contribution in [-0.2, 0) is 11.3 Å². The Kier molecular flexibility index (Phi) is 5.07. The topological polar surface area (TPSA) is 65.7 Å². The zero-order valence-electron chi connectivity index (χ0n) is 15.0. The molecule has 1 aromatic heterocycles. The molecule has 0 aliphatic heterocycles. The summed E-state index contributed by atoms with van der Waals surface area (Å²) in [6.45, 7) is 6.31. The number of esters is 1. The van der Waals surface area contributed by atoms with Crippen molar-refractivity contribution in [3.05, 3.63) is 75.1 Å². The Labute approximate surface area is 151 Å². The average Bonchev–Trinajstić information content (AvgIpc) is 2.62. The number of aryl methyl sites for hydroxylation is 2. The molecule has 0 amide bonds. The van der Waals surface area contributed by atoms with Gasteiger partial charge in [-0.05, 0) is 68.3 Å². The summed E-state index contributed by atoms with van der Waals surface area (Å²) in [4.78, 5) is 23.5. The van der Waals surface area contributed by atoms with Gasteiger partial charge in [0.15, 0.2) is 0 Å². The first kappa shape index (κ1) is 17.7. The molecule has 134 valence electrons. The van der Waals surface area contributed by atoms with Gasteiger partial charge < -0.3 is 13.9 Å². The minimum Gasteiger partial charge on any atom is -0.489 e. The fourth-order valence-electron chi connectivity index (χ4n) is 2.67. The quantitative estimate of drug-likeness (QED) is 0.509. The standard InChI is InChI=1S/C21H20O5/c1-4-24-21(23)15-5-7-17(8-6-15)25-12-16-11-20(22)26-19-10-14(3)13(2)9-18(16)19/h5-11H,4,12H2,1-3H3. The van der Waals surface area contributed by atoms with Crippen molar-refractivity contribution in [2.75, 3.05) is 6.61 Å². The molecule has 3 rings (SSSR count). The number of hydrogen-bond donors (Lipinski definition) is 0. The van der Waals surface area contributed by atoms with Crippen LogP contribution in [0.2, 0.25) is 0 Å². The number of rotatable bonds is 5. The first-order valence-electron chi connectivity index (χ1n) is 8.42. The summed E-state index contributed by atoms with van der Waals surface area (Å²) >= 11 is 0. The van der Waals surface area contributed by atoms with Crippen molar-refractivity contribution in [3.8, 4) is 5.75 Å². The number of fused-ring (bicyclic) bond motifs is 1. The summed E-state index contributed by atoms with van der Waals surface area (Å²) in [5, 5.41) is 0.857. The summed E-state index contributed by atoms with van der Waals surface area (Å²) in [6.07, 6.45) is 0. The van der Waals surface area contributed by atoms with E-state index in [-0.39, 0.29) is 12.6 Å². The molecule has 0 fully saturated rings. The van der Waals surface area contributed by atoms with Gasteiger partial charge in [0.05, 0.1) is 12.2 Å². The van der Waals surface area contributed by atoms with Gasteiger partial charge in [0, 0.05) is 17.0 Å². The first-order valence-corrected chi connectivity index (χ1v) is 8.42. The number of hydrogen-bond acceptors (Lipinski definition) is 5. The number of ether oxygens (including phenoxy) is 2. The summed E-state index contributed by atoms with van der Waals surface area (Å²) < 4.78 is 16.0. The van der Waals surface area contributed by atoms with Crippen LogP contribution in [0, 0.1) is 13.8 Å². The van der Waals surface area contributed by atoms with Gasteiger partial charge in [0.25, 0.3) is 0 Å². The van der Waals surface area contributed by atoms with Crippen LogP contribution in [0.15, 0.2) is 51.7 Å². The fraction of sp³-hybridized carbons (Fsp3) is 0.238. The Morgan fingerprint density at radius 1 is 1.04 bits per heavy atom. The van der Waals surface area contributed by atoms with Crippen LogP contribution in [-0.4, -0.2) is 12.6 Å². The third kappa shape index (κ3) is 3.77. The molecule has 0 unspecified atom stereocenters. The molecule has 0 atom stereocenters. The van der Waals surface area contributed by atoms with E-state index in [1.165, 1.54) is 6.07 Å². The lowest BCUT2D eigenvalue weighted by molar-refractivity contribution is 0.0526. The van der Waals surface area contributed by atoms with Crippen LogP contribution in [0.25, 0.3) is 11.0 Å². The van der Waals surface area contributed by atoms with Crippen LogP contribution >= 0.6 is 0 Å². The van der Waals surface area contributed by atoms with E-state index in [0.29, 0.717) is 23.5 Å². The lowest BCUT2D eigenvalue weighted by Gasteiger charge is -2.10. The van der Waals surface area contributed by atoms with Gasteiger partial charge >= 0.3 is 11.6 Å². The Balaban J connectivity index is 1.82. The minimum absolute atomic E-state index is 0.226. The Bertz CT molecular complexity index is 999. The second kappa shape index (κ2) is 7.44. The fourth-order valence-corrected chi connectivity index (χ4v) is 2.67. The largest absolute Gasteiger partial charge is 0.489 e. The smallest absolute Gasteiger partial charge is 0.338 e. The average molecular weight is 352 g/mol. The lowest BCUT2D eigenvalue weighted by Crippen LogP contribution is -2.06. The molecule has 1 heterocycles. The summed E-state index contributed by atoms with van der Waals surface area (Å²) in [5.74, 6) is 0.236. The van der Waals surface area contributed by atoms with Crippen LogP contribution in [0.4, 0.5) is 0 Å². The number of benzene rings is 2. The van der Waals surface area contributed by atoms with E-state index in [1.54, 1.807) is 31.2 Å². The van der Waals surface area contributed by atoms with Crippen molar-refractivity contribution in [1.82, 2.24) is 0 Å². The van der Waals surface area contributed by atoms with E-state index < -0.39 is 5.63 Å². The lowest BCUT2D eigenvalue weighted by atomic mass is 10.0. The molecule has 0 saturated heterocycles. The maximum atomic E-state index is 11.8. The molecule has 26 heavy (non-hydrogen) atoms. The minimum atomic E-state index is -0.406. The molecule has 0 aliphatic rings. The van der Waals surface area contributed by atoms with Crippen molar-refractivity contribution in [1.29, 1.82) is 0 Å². The Hall–Kier alpha value is -3.08. The molecule has 0 radical (unpaired) electrons. The summed E-state index contributed by atoms with van der Waals surface area (Å²) in [6, 6.07) is 12.0. The monoisotopic (exact) mass is 352 g/mol. The van der Waals surface area contributed by atoms with Gasteiger partial charge in [0.2, 0.25) is 0 Å². The molecule has 5 nitrogen and oxygen atoms in total. The highest BCUT2D eigenvalue weighted by Crippen LogP contribution is 2.23. The number of carbonyl (C=O) groups excluding carboxylic acids is 1. The summed E-state index contributed by atoms with van der Waals surface area (Å²) in [7, 11) is 0. The maximum Gasteiger partial charge on any atom is 0.338 e. The highest BCUT2D eigenvalue weighted by molar-refractivity contribution is 5.89. The third-order valence-corrected chi connectivity index (χ3v) is 4.20. The maximum absolute atomic E-state index is 11.8. The zero-order valence-corrected chi connectivity index (χ0v) is 15.0. The van der Waals surface area contributed by atoms with E-state index >= 15 is 0 Å². The van der Waals surface area contributed by atoms with Crippen LogP contribution in [0.5, 0.6) is 5.75 Å². The van der Waals surface area contributed by atoms with E-state index in [9.17, 15) is 9.59 Å². The second-order valence-electron chi connectivity index (χ2n) is 6.06. The first-order chi connectivity index (χ1) is 12.5. The summed E-state index contributed by atoms with van der Waals surface area (Å²) in [5.41, 5.74) is 3.55. The molecule has 0 spiro atoms. The predicted octanol–water partition coefficient (Wildman–Crippen LogP) is 4.17. The van der Waals surface area contributed by atoms with Gasteiger partial charge in [-0.1, -0.05) is 0 Å². The molecular formula is C21H20O5. The van der Waals surface area contributed by atoms with E-state index in [2.05, 4.69) is 0 Å². The van der Waals surface area contributed by atoms with Crippen molar-refractivity contribution in [2.24, 2.45) is 0 Å². The molecule has 0 aliphatic carbocycles. The van der Waals surface area contributed by atoms with Crippen LogP contribution < -0.4 is 10.4 Å². The van der Waals surface area contributed by atoms with Gasteiger partial charge in [-0.3, -0.25) is 0 Å². The van der Waals surface area contributed by atoms with E-state index in [1.807, 2.05) is 26.0 Å². The third-order valence-electron chi connectivity index (χ3n) is 4.20. The molecule has 0 bridgehead atoms. The molecule has 0 N–H and O–H groups in total. The highest BCUT2D eigenvalue weighted by Gasteiger charge is 2.10. The van der Waals surface area contributed by atoms with Gasteiger partial charge in [-0.25, -0.2) is 9.59 Å². The molecule has 5 heteroatoms. The normalized spacial score (nSPS) is 10.7. The predicted molar refractivity (Wildman–Crippen MR) is 98.7 cm³/mol. The van der Waals surface area contributed by atoms with Crippen molar-refractivity contribution in [2.45, 2.75) is 27.4 Å². The van der Waals surface area contributed by atoms with Gasteiger partial charge in [-0.2, -0.15) is 0 Å². The van der Waals surface area contributed by atoms with E-state index in [4.69, 9.17) is 13.9 Å².